The maximum Gasteiger partial charge on any atom is 0.255 e. The molecular formula is C31H37N3O2. The van der Waals surface area contributed by atoms with Crippen molar-refractivity contribution in [3.63, 3.8) is 0 Å². The first-order valence-electron chi connectivity index (χ1n) is 13.4. The largest absolute Gasteiger partial charge is 0.456 e. The molecule has 3 aromatic carbocycles. The van der Waals surface area contributed by atoms with Crippen molar-refractivity contribution in [3.05, 3.63) is 82.9 Å². The van der Waals surface area contributed by atoms with Crippen molar-refractivity contribution >= 4 is 17.3 Å². The first-order valence-corrected chi connectivity index (χ1v) is 13.4. The fourth-order valence-electron chi connectivity index (χ4n) is 6.13. The van der Waals surface area contributed by atoms with E-state index in [9.17, 15) is 4.79 Å². The highest BCUT2D eigenvalue weighted by Gasteiger charge is 2.55. The molecule has 0 aliphatic carbocycles. The molecule has 1 spiro atoms. The van der Waals surface area contributed by atoms with Crippen molar-refractivity contribution in [2.24, 2.45) is 0 Å². The molecule has 3 aromatic rings. The van der Waals surface area contributed by atoms with Gasteiger partial charge in [0.25, 0.3) is 5.91 Å². The van der Waals surface area contributed by atoms with E-state index in [-0.39, 0.29) is 5.91 Å². The highest BCUT2D eigenvalue weighted by Crippen LogP contribution is 2.58. The van der Waals surface area contributed by atoms with Crippen LogP contribution < -0.4 is 14.5 Å². The van der Waals surface area contributed by atoms with Gasteiger partial charge in [0.2, 0.25) is 0 Å². The van der Waals surface area contributed by atoms with E-state index in [0.29, 0.717) is 6.54 Å². The minimum atomic E-state index is -0.712. The van der Waals surface area contributed by atoms with Crippen LogP contribution in [-0.2, 0) is 5.54 Å². The fourth-order valence-corrected chi connectivity index (χ4v) is 6.13. The van der Waals surface area contributed by atoms with Crippen molar-refractivity contribution in [2.75, 3.05) is 42.5 Å². The molecule has 0 saturated heterocycles. The quantitative estimate of drug-likeness (QED) is 0.360. The number of hydrogen-bond acceptors (Lipinski definition) is 4. The van der Waals surface area contributed by atoms with E-state index in [2.05, 4.69) is 91.8 Å². The molecule has 0 bridgehead atoms. The second-order valence-corrected chi connectivity index (χ2v) is 9.52. The van der Waals surface area contributed by atoms with Crippen LogP contribution >= 0.6 is 0 Å². The SMILES string of the molecule is CCCN1C(=O)c2ccccc2C12c1ccc(N(CC)CC)cc1Oc1cc(N(CC)CC)ccc12. The normalized spacial score (nSPS) is 14.8. The lowest BCUT2D eigenvalue weighted by molar-refractivity contribution is 0.0665. The maximum atomic E-state index is 13.9. The number of ether oxygens (including phenoxy) is 1. The van der Waals surface area contributed by atoms with Gasteiger partial charge in [0.1, 0.15) is 17.0 Å². The van der Waals surface area contributed by atoms with Crippen LogP contribution in [0.2, 0.25) is 0 Å². The van der Waals surface area contributed by atoms with E-state index in [1.54, 1.807) is 0 Å². The van der Waals surface area contributed by atoms with Crippen molar-refractivity contribution in [1.29, 1.82) is 0 Å². The summed E-state index contributed by atoms with van der Waals surface area (Å²) in [6, 6.07) is 21.2. The molecule has 2 aliphatic heterocycles. The Bertz CT molecular complexity index is 1220. The summed E-state index contributed by atoms with van der Waals surface area (Å²) >= 11 is 0. The van der Waals surface area contributed by atoms with Crippen LogP contribution in [0.3, 0.4) is 0 Å². The molecule has 0 atom stereocenters. The smallest absolute Gasteiger partial charge is 0.255 e. The molecule has 0 N–H and O–H groups in total. The number of anilines is 2. The van der Waals surface area contributed by atoms with Gasteiger partial charge in [0.15, 0.2) is 0 Å². The molecular weight excluding hydrogens is 446 g/mol. The Kier molecular flexibility index (Phi) is 6.42. The number of hydrogen-bond donors (Lipinski definition) is 0. The van der Waals surface area contributed by atoms with E-state index < -0.39 is 5.54 Å². The molecule has 5 rings (SSSR count). The summed E-state index contributed by atoms with van der Waals surface area (Å²) in [4.78, 5) is 20.6. The fraction of sp³-hybridized carbons (Fsp3) is 0.387. The summed E-state index contributed by atoms with van der Waals surface area (Å²) in [6.45, 7) is 15.2. The zero-order chi connectivity index (χ0) is 25.4. The van der Waals surface area contributed by atoms with Gasteiger partial charge in [-0.05, 0) is 57.9 Å². The van der Waals surface area contributed by atoms with E-state index >= 15 is 0 Å². The van der Waals surface area contributed by atoms with Gasteiger partial charge in [0.05, 0.1) is 0 Å². The van der Waals surface area contributed by atoms with Gasteiger partial charge in [-0.2, -0.15) is 0 Å². The Labute approximate surface area is 215 Å². The Hall–Kier alpha value is -3.47. The summed E-state index contributed by atoms with van der Waals surface area (Å²) in [5.41, 5.74) is 5.46. The number of fused-ring (bicyclic) bond motifs is 6. The second kappa shape index (κ2) is 9.53. The monoisotopic (exact) mass is 483 g/mol. The molecule has 188 valence electrons. The maximum absolute atomic E-state index is 13.9. The molecule has 0 unspecified atom stereocenters. The molecule has 2 aliphatic rings. The van der Waals surface area contributed by atoms with Crippen molar-refractivity contribution in [1.82, 2.24) is 4.90 Å². The molecule has 5 heteroatoms. The predicted octanol–water partition coefficient (Wildman–Crippen LogP) is 6.64. The van der Waals surface area contributed by atoms with Crippen LogP contribution in [0.1, 0.15) is 68.1 Å². The lowest BCUT2D eigenvalue weighted by atomic mass is 9.74. The van der Waals surface area contributed by atoms with Gasteiger partial charge in [-0.15, -0.1) is 0 Å². The molecule has 0 aromatic heterocycles. The van der Waals surface area contributed by atoms with Crippen molar-refractivity contribution < 1.29 is 9.53 Å². The topological polar surface area (TPSA) is 36.0 Å². The summed E-state index contributed by atoms with van der Waals surface area (Å²) in [5, 5.41) is 0. The van der Waals surface area contributed by atoms with Crippen LogP contribution in [0, 0.1) is 0 Å². The lowest BCUT2D eigenvalue weighted by Crippen LogP contribution is -2.47. The number of amides is 1. The Morgan fingerprint density at radius 1 is 0.722 bits per heavy atom. The first kappa shape index (κ1) is 24.2. The van der Waals surface area contributed by atoms with Crippen LogP contribution in [-0.4, -0.2) is 43.5 Å². The summed E-state index contributed by atoms with van der Waals surface area (Å²) in [6.07, 6.45) is 0.877. The van der Waals surface area contributed by atoms with Gasteiger partial charge < -0.3 is 19.4 Å². The zero-order valence-corrected chi connectivity index (χ0v) is 22.2. The van der Waals surface area contributed by atoms with E-state index in [0.717, 1.165) is 77.7 Å². The second-order valence-electron chi connectivity index (χ2n) is 9.52. The highest BCUT2D eigenvalue weighted by atomic mass is 16.5. The van der Waals surface area contributed by atoms with Gasteiger partial charge in [-0.3, -0.25) is 4.79 Å². The third kappa shape index (κ3) is 3.40. The molecule has 0 saturated carbocycles. The average Bonchev–Trinajstić information content (AvgIpc) is 3.14. The number of nitrogens with zero attached hydrogens (tertiary/aromatic N) is 3. The predicted molar refractivity (Wildman–Crippen MR) is 148 cm³/mol. The third-order valence-electron chi connectivity index (χ3n) is 7.83. The molecule has 36 heavy (non-hydrogen) atoms. The standard InChI is InChI=1S/C31H37N3O2/c1-6-19-34-30(35)24-13-11-12-14-25(24)31(34)26-17-15-22(32(7-2)8-3)20-28(26)36-29-21-23(16-18-27(29)31)33(9-4)10-5/h11-18,20-21H,6-10,19H2,1-5H3. The molecule has 2 heterocycles. The van der Waals surface area contributed by atoms with Crippen LogP contribution in [0.5, 0.6) is 11.5 Å². The summed E-state index contributed by atoms with van der Waals surface area (Å²) in [7, 11) is 0. The molecule has 5 nitrogen and oxygen atoms in total. The average molecular weight is 484 g/mol. The minimum absolute atomic E-state index is 0.0897. The van der Waals surface area contributed by atoms with E-state index in [1.165, 1.54) is 0 Å². The highest BCUT2D eigenvalue weighted by molar-refractivity contribution is 6.02. The van der Waals surface area contributed by atoms with Crippen molar-refractivity contribution in [3.8, 4) is 11.5 Å². The third-order valence-corrected chi connectivity index (χ3v) is 7.83. The van der Waals surface area contributed by atoms with Crippen LogP contribution in [0.15, 0.2) is 60.7 Å². The Balaban J connectivity index is 1.82. The van der Waals surface area contributed by atoms with Gasteiger partial charge in [0, 0.05) is 72.9 Å². The lowest BCUT2D eigenvalue weighted by Gasteiger charge is -2.44. The molecule has 0 radical (unpaired) electrons. The van der Waals surface area contributed by atoms with Crippen LogP contribution in [0.4, 0.5) is 11.4 Å². The summed E-state index contributed by atoms with van der Waals surface area (Å²) < 4.78 is 6.71. The number of benzene rings is 3. The van der Waals surface area contributed by atoms with Crippen LogP contribution in [0.25, 0.3) is 0 Å². The van der Waals surface area contributed by atoms with E-state index in [1.807, 2.05) is 18.2 Å². The number of carbonyl (C=O) groups is 1. The van der Waals surface area contributed by atoms with E-state index in [4.69, 9.17) is 4.74 Å². The molecule has 0 fully saturated rings. The summed E-state index contributed by atoms with van der Waals surface area (Å²) in [5.74, 6) is 1.75. The van der Waals surface area contributed by atoms with Gasteiger partial charge in [-0.25, -0.2) is 0 Å². The number of rotatable bonds is 8. The Morgan fingerprint density at radius 2 is 1.25 bits per heavy atom. The zero-order valence-electron chi connectivity index (χ0n) is 22.2. The van der Waals surface area contributed by atoms with Gasteiger partial charge in [-0.1, -0.05) is 37.3 Å². The van der Waals surface area contributed by atoms with Crippen molar-refractivity contribution in [2.45, 2.75) is 46.6 Å². The Morgan fingerprint density at radius 3 is 1.75 bits per heavy atom. The molecule has 1 amide bonds. The minimum Gasteiger partial charge on any atom is -0.456 e. The first-order chi connectivity index (χ1) is 17.5. The number of carbonyl (C=O) groups excluding carboxylic acids is 1. The van der Waals surface area contributed by atoms with Gasteiger partial charge >= 0.3 is 0 Å².